The zero-order chi connectivity index (χ0) is 20.1. The summed E-state index contributed by atoms with van der Waals surface area (Å²) >= 11 is 9.55. The van der Waals surface area contributed by atoms with E-state index in [4.69, 9.17) is 21.4 Å². The van der Waals surface area contributed by atoms with Crippen LogP contribution in [0.25, 0.3) is 10.9 Å². The number of fused-ring (bicyclic) bond motifs is 1. The highest BCUT2D eigenvalue weighted by atomic mass is 79.9. The van der Waals surface area contributed by atoms with Crippen LogP contribution in [-0.2, 0) is 19.5 Å². The van der Waals surface area contributed by atoms with E-state index in [-0.39, 0.29) is 16.2 Å². The second kappa shape index (κ2) is 6.98. The lowest BCUT2D eigenvalue weighted by atomic mass is 9.76. The van der Waals surface area contributed by atoms with E-state index in [0.29, 0.717) is 15.4 Å². The molecule has 0 bridgehead atoms. The van der Waals surface area contributed by atoms with E-state index in [1.165, 1.54) is 6.20 Å². The molecule has 1 aliphatic rings. The molecule has 1 aromatic heterocycles. The number of halogens is 2. The number of H-pyrrole nitrogens is 1. The molecule has 2 aromatic rings. The third kappa shape index (κ3) is 3.72. The van der Waals surface area contributed by atoms with Crippen LogP contribution in [0.5, 0.6) is 0 Å². The number of phosphoric acid groups is 1. The molecule has 0 aliphatic heterocycles. The zero-order valence-electron chi connectivity index (χ0n) is 13.3. The van der Waals surface area contributed by atoms with Crippen LogP contribution in [-0.4, -0.2) is 48.3 Å². The number of hydrogen-bond acceptors (Lipinski definition) is 5. The number of aliphatic hydroxyl groups excluding tert-OH is 1. The molecule has 3 atom stereocenters. The van der Waals surface area contributed by atoms with Crippen molar-refractivity contribution in [1.29, 1.82) is 0 Å². The maximum atomic E-state index is 11.5. The summed E-state index contributed by atoms with van der Waals surface area (Å²) in [5.41, 5.74) is -2.02. The van der Waals surface area contributed by atoms with Gasteiger partial charge in [0.15, 0.2) is 0 Å². The standard InChI is InChI=1S/C15H14BrClNO8P/c16-8-1-2-9-11(12(8)17)7(5-18-9)15(22)4-6(14(20)21)3-10(13(15)19)26-27(23,24)25/h1-3,5,10,13,18-19,22H,4H2,(H,20,21)(H2,23,24,25). The number of aromatic amines is 1. The third-order valence-electron chi connectivity index (χ3n) is 4.36. The molecule has 6 N–H and O–H groups in total. The van der Waals surface area contributed by atoms with Crippen molar-refractivity contribution in [3.05, 3.63) is 45.0 Å². The highest BCUT2D eigenvalue weighted by Gasteiger charge is 2.50. The number of carboxylic acid groups (broad SMARTS) is 1. The van der Waals surface area contributed by atoms with Crippen molar-refractivity contribution >= 4 is 52.2 Å². The first-order valence-corrected chi connectivity index (χ1v) is 10.2. The smallest absolute Gasteiger partial charge is 0.470 e. The lowest BCUT2D eigenvalue weighted by Gasteiger charge is -2.40. The van der Waals surface area contributed by atoms with Crippen molar-refractivity contribution in [2.24, 2.45) is 0 Å². The largest absolute Gasteiger partial charge is 0.478 e. The Morgan fingerprint density at radius 3 is 2.67 bits per heavy atom. The molecule has 0 fully saturated rings. The second-order valence-corrected chi connectivity index (χ2v) is 8.51. The summed E-state index contributed by atoms with van der Waals surface area (Å²) in [6.45, 7) is 0. The first kappa shape index (κ1) is 20.5. The van der Waals surface area contributed by atoms with Gasteiger partial charge in [-0.05, 0) is 34.1 Å². The van der Waals surface area contributed by atoms with Gasteiger partial charge in [0.05, 0.1) is 5.02 Å². The van der Waals surface area contributed by atoms with Crippen LogP contribution in [0.4, 0.5) is 0 Å². The van der Waals surface area contributed by atoms with Gasteiger partial charge >= 0.3 is 13.8 Å². The zero-order valence-corrected chi connectivity index (χ0v) is 16.6. The number of rotatable bonds is 4. The van der Waals surface area contributed by atoms with E-state index in [9.17, 15) is 24.7 Å². The minimum atomic E-state index is -5.08. The average molecular weight is 483 g/mol. The van der Waals surface area contributed by atoms with Crippen molar-refractivity contribution in [3.8, 4) is 0 Å². The number of hydrogen-bond donors (Lipinski definition) is 6. The van der Waals surface area contributed by atoms with Gasteiger partial charge in [0, 0.05) is 39.1 Å². The van der Waals surface area contributed by atoms with E-state index in [1.54, 1.807) is 12.1 Å². The molecule has 0 spiro atoms. The Labute approximate surface area is 165 Å². The quantitative estimate of drug-likeness (QED) is 0.361. The Hall–Kier alpha value is -1.23. The van der Waals surface area contributed by atoms with Gasteiger partial charge in [0.1, 0.15) is 17.8 Å². The molecule has 1 aromatic carbocycles. The molecule has 0 radical (unpaired) electrons. The van der Waals surface area contributed by atoms with Crippen LogP contribution >= 0.6 is 35.4 Å². The molecule has 3 rings (SSSR count). The predicted octanol–water partition coefficient (Wildman–Crippen LogP) is 2.02. The maximum Gasteiger partial charge on any atom is 0.470 e. The van der Waals surface area contributed by atoms with Crippen molar-refractivity contribution in [1.82, 2.24) is 4.98 Å². The van der Waals surface area contributed by atoms with Crippen LogP contribution in [0, 0.1) is 0 Å². The summed E-state index contributed by atoms with van der Waals surface area (Å²) < 4.78 is 16.2. The van der Waals surface area contributed by atoms with Gasteiger partial charge < -0.3 is 30.1 Å². The summed E-state index contributed by atoms with van der Waals surface area (Å²) in [7, 11) is -5.08. The molecular formula is C15H14BrClNO8P. The number of nitrogens with one attached hydrogen (secondary N) is 1. The Morgan fingerprint density at radius 1 is 1.41 bits per heavy atom. The first-order chi connectivity index (χ1) is 12.4. The van der Waals surface area contributed by atoms with E-state index < -0.39 is 38.0 Å². The Bertz CT molecular complexity index is 1000. The molecular weight excluding hydrogens is 468 g/mol. The Balaban J connectivity index is 2.19. The number of carbonyl (C=O) groups is 1. The molecule has 1 heterocycles. The molecule has 3 unspecified atom stereocenters. The number of benzene rings is 1. The van der Waals surface area contributed by atoms with Crippen LogP contribution in [0.1, 0.15) is 12.0 Å². The summed E-state index contributed by atoms with van der Waals surface area (Å²) in [5.74, 6) is -1.42. The van der Waals surface area contributed by atoms with E-state index in [2.05, 4.69) is 25.4 Å². The molecule has 0 saturated carbocycles. The van der Waals surface area contributed by atoms with E-state index in [1.807, 2.05) is 0 Å². The molecule has 27 heavy (non-hydrogen) atoms. The van der Waals surface area contributed by atoms with Gasteiger partial charge in [0.25, 0.3) is 0 Å². The fourth-order valence-electron chi connectivity index (χ4n) is 3.16. The van der Waals surface area contributed by atoms with Crippen LogP contribution in [0.3, 0.4) is 0 Å². The van der Waals surface area contributed by atoms with Gasteiger partial charge in [-0.15, -0.1) is 0 Å². The fraction of sp³-hybridized carbons (Fsp3) is 0.267. The average Bonchev–Trinajstić information content (AvgIpc) is 2.99. The number of aromatic nitrogens is 1. The SMILES string of the molecule is O=C(O)C1=CC(OP(=O)(O)O)C(O)C(O)(c2c[nH]c3ccc(Br)c(Cl)c23)C1. The van der Waals surface area contributed by atoms with Gasteiger partial charge in [0.2, 0.25) is 0 Å². The highest BCUT2D eigenvalue weighted by Crippen LogP contribution is 2.47. The van der Waals surface area contributed by atoms with E-state index >= 15 is 0 Å². The predicted molar refractivity (Wildman–Crippen MR) is 98.2 cm³/mol. The lowest BCUT2D eigenvalue weighted by molar-refractivity contribution is -0.141. The van der Waals surface area contributed by atoms with Crippen molar-refractivity contribution in [2.75, 3.05) is 0 Å². The van der Waals surface area contributed by atoms with Crippen LogP contribution < -0.4 is 0 Å². The van der Waals surface area contributed by atoms with Crippen molar-refractivity contribution in [3.63, 3.8) is 0 Å². The topological polar surface area (TPSA) is 160 Å². The second-order valence-electron chi connectivity index (χ2n) is 6.09. The maximum absolute atomic E-state index is 11.5. The van der Waals surface area contributed by atoms with Gasteiger partial charge in [-0.2, -0.15) is 0 Å². The van der Waals surface area contributed by atoms with Crippen LogP contribution in [0.15, 0.2) is 34.5 Å². The highest BCUT2D eigenvalue weighted by molar-refractivity contribution is 9.10. The van der Waals surface area contributed by atoms with Crippen molar-refractivity contribution < 1.29 is 39.0 Å². The molecule has 1 aliphatic carbocycles. The minimum absolute atomic E-state index is 0.0717. The fourth-order valence-corrected chi connectivity index (χ4v) is 4.25. The summed E-state index contributed by atoms with van der Waals surface area (Å²) in [6.07, 6.45) is -1.94. The van der Waals surface area contributed by atoms with Gasteiger partial charge in [-0.1, -0.05) is 11.6 Å². The first-order valence-electron chi connectivity index (χ1n) is 7.48. The monoisotopic (exact) mass is 481 g/mol. The summed E-state index contributed by atoms with van der Waals surface area (Å²) in [4.78, 5) is 32.4. The van der Waals surface area contributed by atoms with Gasteiger partial charge in [-0.3, -0.25) is 4.52 Å². The normalized spacial score (nSPS) is 26.2. The molecule has 0 saturated heterocycles. The molecule has 0 amide bonds. The molecule has 146 valence electrons. The summed E-state index contributed by atoms with van der Waals surface area (Å²) in [5, 5.41) is 31.7. The lowest BCUT2D eigenvalue weighted by Crippen LogP contribution is -2.50. The summed E-state index contributed by atoms with van der Waals surface area (Å²) in [6, 6.07) is 3.32. The molecule has 9 nitrogen and oxygen atoms in total. The Morgan fingerprint density at radius 2 is 2.07 bits per heavy atom. The number of aliphatic hydroxyl groups is 2. The number of carboxylic acids is 1. The third-order valence-corrected chi connectivity index (χ3v) is 6.16. The Kier molecular flexibility index (Phi) is 5.30. The molecule has 12 heteroatoms. The van der Waals surface area contributed by atoms with Crippen LogP contribution in [0.2, 0.25) is 5.02 Å². The van der Waals surface area contributed by atoms with Crippen molar-refractivity contribution in [2.45, 2.75) is 24.2 Å². The van der Waals surface area contributed by atoms with E-state index in [0.717, 1.165) is 6.08 Å². The number of aliphatic carboxylic acids is 1. The number of phosphoric ester groups is 1. The van der Waals surface area contributed by atoms with Gasteiger partial charge in [-0.25, -0.2) is 9.36 Å². The minimum Gasteiger partial charge on any atom is -0.478 e.